The van der Waals surface area contributed by atoms with Crippen molar-refractivity contribution in [2.24, 2.45) is 5.92 Å². The molecule has 2 N–H and O–H groups in total. The number of rotatable bonds is 4. The summed E-state index contributed by atoms with van der Waals surface area (Å²) >= 11 is 0. The lowest BCUT2D eigenvalue weighted by atomic mass is 10.2. The number of hydrogen-bond acceptors (Lipinski definition) is 2. The number of hydrogen-bond donors (Lipinski definition) is 2. The van der Waals surface area contributed by atoms with E-state index in [-0.39, 0.29) is 17.4 Å². The van der Waals surface area contributed by atoms with Gasteiger partial charge in [0, 0.05) is 28.9 Å². The third-order valence-corrected chi connectivity index (χ3v) is 3.06. The van der Waals surface area contributed by atoms with E-state index in [2.05, 4.69) is 10.6 Å². The smallest absolute Gasteiger partial charge is 0.255 e. The Bertz CT molecular complexity index is 708. The van der Waals surface area contributed by atoms with E-state index in [0.717, 1.165) is 12.1 Å². The predicted molar refractivity (Wildman–Crippen MR) is 84.2 cm³/mol. The van der Waals surface area contributed by atoms with Crippen LogP contribution in [0.5, 0.6) is 0 Å². The fourth-order valence-electron chi connectivity index (χ4n) is 1.81. The summed E-state index contributed by atoms with van der Waals surface area (Å²) in [6.07, 6.45) is 0. The van der Waals surface area contributed by atoms with Crippen molar-refractivity contribution < 1.29 is 18.4 Å². The summed E-state index contributed by atoms with van der Waals surface area (Å²) in [5.74, 6) is -2.51. The SMILES string of the molecule is CC(C)C(=O)Nc1ccc(NC(=O)c2cc(F)cc(F)c2)cc1. The molecule has 0 fully saturated rings. The van der Waals surface area contributed by atoms with Crippen LogP contribution in [0.15, 0.2) is 42.5 Å². The highest BCUT2D eigenvalue weighted by atomic mass is 19.1. The van der Waals surface area contributed by atoms with Crippen molar-refractivity contribution in [1.29, 1.82) is 0 Å². The normalized spacial score (nSPS) is 10.5. The molecular formula is C17H16F2N2O2. The van der Waals surface area contributed by atoms with Crippen molar-refractivity contribution in [2.75, 3.05) is 10.6 Å². The van der Waals surface area contributed by atoms with E-state index < -0.39 is 17.5 Å². The van der Waals surface area contributed by atoms with Gasteiger partial charge in [0.2, 0.25) is 5.91 Å². The molecule has 0 heterocycles. The summed E-state index contributed by atoms with van der Waals surface area (Å²) in [7, 11) is 0. The molecule has 0 bridgehead atoms. The van der Waals surface area contributed by atoms with Crippen LogP contribution in [-0.4, -0.2) is 11.8 Å². The minimum absolute atomic E-state index is 0.111. The maximum atomic E-state index is 13.1. The highest BCUT2D eigenvalue weighted by molar-refractivity contribution is 6.04. The van der Waals surface area contributed by atoms with Crippen LogP contribution in [0.25, 0.3) is 0 Å². The quantitative estimate of drug-likeness (QED) is 0.900. The maximum absolute atomic E-state index is 13.1. The molecule has 0 aromatic heterocycles. The first-order valence-corrected chi connectivity index (χ1v) is 7.03. The molecule has 4 nitrogen and oxygen atoms in total. The third-order valence-electron chi connectivity index (χ3n) is 3.06. The molecule has 0 radical (unpaired) electrons. The van der Waals surface area contributed by atoms with Crippen molar-refractivity contribution in [2.45, 2.75) is 13.8 Å². The molecule has 0 aliphatic rings. The van der Waals surface area contributed by atoms with Crippen molar-refractivity contribution in [3.63, 3.8) is 0 Å². The van der Waals surface area contributed by atoms with Crippen LogP contribution in [0, 0.1) is 17.6 Å². The van der Waals surface area contributed by atoms with Gasteiger partial charge in [-0.2, -0.15) is 0 Å². The van der Waals surface area contributed by atoms with Crippen LogP contribution in [0.2, 0.25) is 0 Å². The number of nitrogens with one attached hydrogen (secondary N) is 2. The summed E-state index contributed by atoms with van der Waals surface area (Å²) in [4.78, 5) is 23.5. The zero-order valence-corrected chi connectivity index (χ0v) is 12.7. The molecule has 2 aromatic rings. The van der Waals surface area contributed by atoms with Gasteiger partial charge in [0.1, 0.15) is 11.6 Å². The summed E-state index contributed by atoms with van der Waals surface area (Å²) in [5, 5.41) is 5.25. The molecule has 0 atom stereocenters. The van der Waals surface area contributed by atoms with Gasteiger partial charge in [-0.15, -0.1) is 0 Å². The topological polar surface area (TPSA) is 58.2 Å². The minimum atomic E-state index is -0.818. The van der Waals surface area contributed by atoms with Gasteiger partial charge in [-0.1, -0.05) is 13.8 Å². The zero-order valence-electron chi connectivity index (χ0n) is 12.7. The first-order chi connectivity index (χ1) is 10.8. The molecule has 0 spiro atoms. The Hall–Kier alpha value is -2.76. The van der Waals surface area contributed by atoms with Gasteiger partial charge in [-0.25, -0.2) is 8.78 Å². The second-order valence-corrected chi connectivity index (χ2v) is 5.33. The molecular weight excluding hydrogens is 302 g/mol. The predicted octanol–water partition coefficient (Wildman–Crippen LogP) is 3.81. The highest BCUT2D eigenvalue weighted by Gasteiger charge is 2.10. The van der Waals surface area contributed by atoms with E-state index in [1.807, 2.05) is 0 Å². The van der Waals surface area contributed by atoms with E-state index in [1.165, 1.54) is 0 Å². The fourth-order valence-corrected chi connectivity index (χ4v) is 1.81. The Morgan fingerprint density at radius 2 is 1.35 bits per heavy atom. The maximum Gasteiger partial charge on any atom is 0.255 e. The Morgan fingerprint density at radius 3 is 1.83 bits per heavy atom. The number of halogens is 2. The van der Waals surface area contributed by atoms with Crippen LogP contribution in [-0.2, 0) is 4.79 Å². The van der Waals surface area contributed by atoms with E-state index in [1.54, 1.807) is 38.1 Å². The van der Waals surface area contributed by atoms with Gasteiger partial charge in [-0.3, -0.25) is 9.59 Å². The number of carbonyl (C=O) groups excluding carboxylic acids is 2. The third kappa shape index (κ3) is 4.60. The molecule has 23 heavy (non-hydrogen) atoms. The number of carbonyl (C=O) groups is 2. The standard InChI is InChI=1S/C17H16F2N2O2/c1-10(2)16(22)20-14-3-5-15(6-4-14)21-17(23)11-7-12(18)9-13(19)8-11/h3-10H,1-2H3,(H,20,22)(H,21,23). The summed E-state index contributed by atoms with van der Waals surface area (Å²) in [5.41, 5.74) is 0.931. The van der Waals surface area contributed by atoms with Gasteiger partial charge >= 0.3 is 0 Å². The second kappa shape index (κ2) is 7.00. The van der Waals surface area contributed by atoms with Crippen LogP contribution in [0.4, 0.5) is 20.2 Å². The first-order valence-electron chi connectivity index (χ1n) is 7.03. The average molecular weight is 318 g/mol. The lowest BCUT2D eigenvalue weighted by Crippen LogP contribution is -2.17. The molecule has 2 amide bonds. The Balaban J connectivity index is 2.05. The van der Waals surface area contributed by atoms with E-state index in [0.29, 0.717) is 17.4 Å². The molecule has 0 saturated carbocycles. The van der Waals surface area contributed by atoms with Gasteiger partial charge in [0.25, 0.3) is 5.91 Å². The lowest BCUT2D eigenvalue weighted by molar-refractivity contribution is -0.118. The summed E-state index contributed by atoms with van der Waals surface area (Å²) < 4.78 is 26.2. The largest absolute Gasteiger partial charge is 0.326 e. The van der Waals surface area contributed by atoms with Crippen LogP contribution >= 0.6 is 0 Å². The van der Waals surface area contributed by atoms with Crippen LogP contribution < -0.4 is 10.6 Å². The lowest BCUT2D eigenvalue weighted by Gasteiger charge is -2.09. The highest BCUT2D eigenvalue weighted by Crippen LogP contribution is 2.16. The number of anilines is 2. The zero-order chi connectivity index (χ0) is 17.0. The van der Waals surface area contributed by atoms with E-state index in [4.69, 9.17) is 0 Å². The van der Waals surface area contributed by atoms with Gasteiger partial charge < -0.3 is 10.6 Å². The minimum Gasteiger partial charge on any atom is -0.326 e. The number of benzene rings is 2. The Morgan fingerprint density at radius 1 is 0.870 bits per heavy atom. The second-order valence-electron chi connectivity index (χ2n) is 5.33. The Labute approximate surface area is 132 Å². The molecule has 120 valence electrons. The van der Waals surface area contributed by atoms with Crippen LogP contribution in [0.3, 0.4) is 0 Å². The van der Waals surface area contributed by atoms with Crippen molar-refractivity contribution in [3.8, 4) is 0 Å². The van der Waals surface area contributed by atoms with Crippen molar-refractivity contribution in [1.82, 2.24) is 0 Å². The molecule has 2 aromatic carbocycles. The molecule has 0 aliphatic carbocycles. The molecule has 0 saturated heterocycles. The average Bonchev–Trinajstić information content (AvgIpc) is 2.48. The molecule has 6 heteroatoms. The fraction of sp³-hybridized carbons (Fsp3) is 0.176. The van der Waals surface area contributed by atoms with Crippen molar-refractivity contribution >= 4 is 23.2 Å². The van der Waals surface area contributed by atoms with Crippen LogP contribution in [0.1, 0.15) is 24.2 Å². The first kappa shape index (κ1) is 16.6. The van der Waals surface area contributed by atoms with E-state index >= 15 is 0 Å². The van der Waals surface area contributed by atoms with Crippen molar-refractivity contribution in [3.05, 3.63) is 59.7 Å². The molecule has 2 rings (SSSR count). The summed E-state index contributed by atoms with van der Waals surface area (Å²) in [6, 6.07) is 9.03. The molecule has 0 aliphatic heterocycles. The van der Waals surface area contributed by atoms with Gasteiger partial charge in [0.05, 0.1) is 0 Å². The van der Waals surface area contributed by atoms with E-state index in [9.17, 15) is 18.4 Å². The molecule has 0 unspecified atom stereocenters. The Kier molecular flexibility index (Phi) is 5.05. The van der Waals surface area contributed by atoms with Gasteiger partial charge in [-0.05, 0) is 36.4 Å². The summed E-state index contributed by atoms with van der Waals surface area (Å²) in [6.45, 7) is 3.56. The van der Waals surface area contributed by atoms with Gasteiger partial charge in [0.15, 0.2) is 0 Å². The monoisotopic (exact) mass is 318 g/mol. The number of amides is 2.